The molecule has 0 saturated heterocycles. The van der Waals surface area contributed by atoms with Crippen molar-refractivity contribution in [1.82, 2.24) is 0 Å². The van der Waals surface area contributed by atoms with Gasteiger partial charge in [-0.15, -0.1) is 0 Å². The van der Waals surface area contributed by atoms with E-state index in [2.05, 4.69) is 48.5 Å². The molecule has 0 bridgehead atoms. The molecule has 0 heterocycles. The fourth-order valence-corrected chi connectivity index (χ4v) is 12.3. The number of phosphoric ester groups is 2. The molecular formula is C71H138O17P2. The predicted octanol–water partition coefficient (Wildman–Crippen LogP) is 20.2. The average molecular weight is 1330 g/mol. The lowest BCUT2D eigenvalue weighted by Crippen LogP contribution is -2.30. The highest BCUT2D eigenvalue weighted by Crippen LogP contribution is 2.45. The van der Waals surface area contributed by atoms with Crippen LogP contribution in [0.2, 0.25) is 0 Å². The van der Waals surface area contributed by atoms with Crippen LogP contribution in [-0.4, -0.2) is 96.7 Å². The van der Waals surface area contributed by atoms with Crippen molar-refractivity contribution in [3.8, 4) is 0 Å². The second-order valence-electron chi connectivity index (χ2n) is 26.8. The summed E-state index contributed by atoms with van der Waals surface area (Å²) < 4.78 is 68.3. The van der Waals surface area contributed by atoms with Gasteiger partial charge in [0, 0.05) is 25.7 Å². The zero-order chi connectivity index (χ0) is 66.6. The van der Waals surface area contributed by atoms with E-state index < -0.39 is 97.5 Å². The molecule has 0 aliphatic carbocycles. The summed E-state index contributed by atoms with van der Waals surface area (Å²) in [6, 6.07) is 0. The third-order valence-corrected chi connectivity index (χ3v) is 18.6. The Hall–Kier alpha value is -1.94. The highest BCUT2D eigenvalue weighted by Gasteiger charge is 2.30. The molecule has 6 atom stereocenters. The van der Waals surface area contributed by atoms with E-state index in [1.807, 2.05) is 0 Å². The average Bonchev–Trinajstić information content (AvgIpc) is 2.99. The van der Waals surface area contributed by atoms with Gasteiger partial charge in [-0.2, -0.15) is 0 Å². The predicted molar refractivity (Wildman–Crippen MR) is 363 cm³/mol. The molecule has 17 nitrogen and oxygen atoms in total. The molecule has 0 amide bonds. The van der Waals surface area contributed by atoms with Crippen LogP contribution in [0, 0.1) is 17.8 Å². The molecule has 0 rings (SSSR count). The van der Waals surface area contributed by atoms with E-state index in [9.17, 15) is 43.2 Å². The maximum Gasteiger partial charge on any atom is 0.472 e. The Morgan fingerprint density at radius 1 is 0.322 bits per heavy atom. The summed E-state index contributed by atoms with van der Waals surface area (Å²) >= 11 is 0. The number of carbonyl (C=O) groups excluding carboxylic acids is 4. The number of esters is 4. The number of hydrogen-bond acceptors (Lipinski definition) is 15. The topological polar surface area (TPSA) is 237 Å². The zero-order valence-corrected chi connectivity index (χ0v) is 60.4. The van der Waals surface area contributed by atoms with Crippen LogP contribution in [-0.2, 0) is 65.4 Å². The number of phosphoric acid groups is 2. The Labute approximate surface area is 549 Å². The molecule has 0 fully saturated rings. The molecule has 0 aromatic carbocycles. The van der Waals surface area contributed by atoms with Crippen molar-refractivity contribution in [3.05, 3.63) is 0 Å². The van der Waals surface area contributed by atoms with Gasteiger partial charge in [0.25, 0.3) is 0 Å². The lowest BCUT2D eigenvalue weighted by atomic mass is 10.00. The molecule has 19 heteroatoms. The van der Waals surface area contributed by atoms with Crippen LogP contribution < -0.4 is 0 Å². The zero-order valence-electron chi connectivity index (χ0n) is 58.6. The maximum atomic E-state index is 13.0. The van der Waals surface area contributed by atoms with Crippen molar-refractivity contribution < 1.29 is 80.2 Å². The minimum Gasteiger partial charge on any atom is -0.462 e. The minimum atomic E-state index is -4.95. The summed E-state index contributed by atoms with van der Waals surface area (Å²) in [5.74, 6) is 0.0995. The van der Waals surface area contributed by atoms with E-state index in [-0.39, 0.29) is 25.7 Å². The Kier molecular flexibility index (Phi) is 60.6. The third kappa shape index (κ3) is 63.5. The SMILES string of the molecule is CCCCCCCCCCCCCCCCC(=O)OC[C@H](COP(=O)(O)OC[C@@H](O)COP(=O)(O)OC[C@@H](COC(=O)CCCCCCCCC(C)CC)OC(=O)CCCCCCCCCCC(C)C)OC(=O)CCCCCCCCCCCCCCC(C)C. The van der Waals surface area contributed by atoms with E-state index in [1.54, 1.807) is 0 Å². The Morgan fingerprint density at radius 3 is 0.844 bits per heavy atom. The van der Waals surface area contributed by atoms with Gasteiger partial charge < -0.3 is 33.8 Å². The molecule has 0 aromatic heterocycles. The number of carbonyl (C=O) groups is 4. The first-order chi connectivity index (χ1) is 43.3. The number of unbranched alkanes of at least 4 members (excludes halogenated alkanes) is 36. The fraction of sp³-hybridized carbons (Fsp3) is 0.944. The maximum absolute atomic E-state index is 13.0. The van der Waals surface area contributed by atoms with Crippen LogP contribution in [0.1, 0.15) is 357 Å². The number of rotatable bonds is 69. The molecule has 534 valence electrons. The molecule has 90 heavy (non-hydrogen) atoms. The summed E-state index contributed by atoms with van der Waals surface area (Å²) in [6.45, 7) is 11.8. The van der Waals surface area contributed by atoms with Crippen molar-refractivity contribution in [2.45, 2.75) is 375 Å². The first-order valence-electron chi connectivity index (χ1n) is 36.9. The van der Waals surface area contributed by atoms with Crippen LogP contribution in [0.4, 0.5) is 0 Å². The van der Waals surface area contributed by atoms with Crippen LogP contribution in [0.25, 0.3) is 0 Å². The minimum absolute atomic E-state index is 0.103. The van der Waals surface area contributed by atoms with Crippen molar-refractivity contribution in [2.75, 3.05) is 39.6 Å². The van der Waals surface area contributed by atoms with Gasteiger partial charge in [0.1, 0.15) is 19.3 Å². The summed E-state index contributed by atoms with van der Waals surface area (Å²) in [5, 5.41) is 10.6. The fourth-order valence-electron chi connectivity index (χ4n) is 10.7. The number of aliphatic hydroxyl groups is 1. The second-order valence-corrected chi connectivity index (χ2v) is 29.7. The van der Waals surface area contributed by atoms with Gasteiger partial charge in [0.2, 0.25) is 0 Å². The van der Waals surface area contributed by atoms with Gasteiger partial charge >= 0.3 is 39.5 Å². The molecule has 0 saturated carbocycles. The normalized spacial score (nSPS) is 14.5. The Balaban J connectivity index is 5.26. The summed E-state index contributed by atoms with van der Waals surface area (Å²) in [5.41, 5.74) is 0. The third-order valence-electron chi connectivity index (χ3n) is 16.7. The van der Waals surface area contributed by atoms with Crippen LogP contribution in [0.15, 0.2) is 0 Å². The van der Waals surface area contributed by atoms with Crippen LogP contribution in [0.3, 0.4) is 0 Å². The molecule has 0 aromatic rings. The molecule has 0 spiro atoms. The Bertz CT molecular complexity index is 1770. The van der Waals surface area contributed by atoms with E-state index in [0.717, 1.165) is 114 Å². The van der Waals surface area contributed by atoms with Gasteiger partial charge in [-0.25, -0.2) is 9.13 Å². The van der Waals surface area contributed by atoms with Crippen molar-refractivity contribution >= 4 is 39.5 Å². The van der Waals surface area contributed by atoms with E-state index >= 15 is 0 Å². The lowest BCUT2D eigenvalue weighted by molar-refractivity contribution is -0.161. The molecule has 0 radical (unpaired) electrons. The summed E-state index contributed by atoms with van der Waals surface area (Å²) in [7, 11) is -9.90. The monoisotopic (exact) mass is 1320 g/mol. The summed E-state index contributed by atoms with van der Waals surface area (Å²) in [4.78, 5) is 72.6. The van der Waals surface area contributed by atoms with Crippen molar-refractivity contribution in [1.29, 1.82) is 0 Å². The van der Waals surface area contributed by atoms with E-state index in [4.69, 9.17) is 37.0 Å². The smallest absolute Gasteiger partial charge is 0.462 e. The Morgan fingerprint density at radius 2 is 0.567 bits per heavy atom. The van der Waals surface area contributed by atoms with Crippen LogP contribution >= 0.6 is 15.6 Å². The standard InChI is InChI=1S/C71H138O17P2/c1-8-10-11-12-13-14-15-16-17-21-24-30-38-45-52-68(73)81-58-66(87-70(75)54-47-40-31-25-22-19-18-20-23-28-35-42-49-62(3)4)60-85-89(77,78)83-56-65(72)57-84-90(79,80)86-61-67(59-82-69(74)53-46-39-34-33-37-44-51-64(7)9-2)88-71(76)55-48-41-32-27-26-29-36-43-50-63(5)6/h62-67,72H,8-61H2,1-7H3,(H,77,78)(H,79,80)/t64?,65-,66-,67-/m1/s1. The van der Waals surface area contributed by atoms with Crippen molar-refractivity contribution in [3.63, 3.8) is 0 Å². The van der Waals surface area contributed by atoms with Gasteiger partial charge in [0.15, 0.2) is 12.2 Å². The van der Waals surface area contributed by atoms with Crippen molar-refractivity contribution in [2.24, 2.45) is 17.8 Å². The highest BCUT2D eigenvalue weighted by molar-refractivity contribution is 7.47. The summed E-state index contributed by atoms with van der Waals surface area (Å²) in [6.07, 6.45) is 45.8. The molecule has 3 unspecified atom stereocenters. The van der Waals surface area contributed by atoms with Gasteiger partial charge in [-0.1, -0.05) is 305 Å². The van der Waals surface area contributed by atoms with Gasteiger partial charge in [-0.05, 0) is 43.4 Å². The first-order valence-corrected chi connectivity index (χ1v) is 39.9. The highest BCUT2D eigenvalue weighted by atomic mass is 31.2. The lowest BCUT2D eigenvalue weighted by Gasteiger charge is -2.21. The first kappa shape index (κ1) is 88.1. The largest absolute Gasteiger partial charge is 0.472 e. The molecule has 0 aliphatic heterocycles. The van der Waals surface area contributed by atoms with E-state index in [1.165, 1.54) is 161 Å². The second kappa shape index (κ2) is 61.9. The van der Waals surface area contributed by atoms with Gasteiger partial charge in [-0.3, -0.25) is 37.3 Å². The molecule has 0 aliphatic rings. The molecule has 3 N–H and O–H groups in total. The molecular weight excluding hydrogens is 1190 g/mol. The number of aliphatic hydroxyl groups excluding tert-OH is 1. The van der Waals surface area contributed by atoms with Gasteiger partial charge in [0.05, 0.1) is 26.4 Å². The number of hydrogen-bond donors (Lipinski definition) is 3. The number of ether oxygens (including phenoxy) is 4. The van der Waals surface area contributed by atoms with E-state index in [0.29, 0.717) is 25.7 Å². The van der Waals surface area contributed by atoms with Crippen LogP contribution in [0.5, 0.6) is 0 Å². The quantitative estimate of drug-likeness (QED) is 0.0222.